The van der Waals surface area contributed by atoms with Crippen LogP contribution >= 0.6 is 22.7 Å². The van der Waals surface area contributed by atoms with E-state index in [2.05, 4.69) is 46.5 Å². The molecular formula is C14H15N3OS2. The van der Waals surface area contributed by atoms with Gasteiger partial charge in [0.15, 0.2) is 0 Å². The standard InChI is InChI=1S/C14H15N3OS2/c1-10(11-5-3-7-19-11)17(2)9-13-15-14(16-18-13)12-6-4-8-20-12/h3-8,10H,9H2,1-2H3. The van der Waals surface area contributed by atoms with E-state index in [9.17, 15) is 0 Å². The zero-order chi connectivity index (χ0) is 13.9. The number of rotatable bonds is 5. The average molecular weight is 305 g/mol. The molecule has 4 nitrogen and oxygen atoms in total. The Hall–Kier alpha value is -1.50. The van der Waals surface area contributed by atoms with Crippen LogP contribution in [0.5, 0.6) is 0 Å². The van der Waals surface area contributed by atoms with E-state index in [1.165, 1.54) is 4.88 Å². The lowest BCUT2D eigenvalue weighted by molar-refractivity contribution is 0.219. The van der Waals surface area contributed by atoms with Gasteiger partial charge in [-0.25, -0.2) is 0 Å². The smallest absolute Gasteiger partial charge is 0.241 e. The van der Waals surface area contributed by atoms with E-state index in [1.807, 2.05) is 17.5 Å². The molecule has 0 radical (unpaired) electrons. The molecule has 0 saturated heterocycles. The van der Waals surface area contributed by atoms with E-state index in [4.69, 9.17) is 4.52 Å². The Morgan fingerprint density at radius 2 is 2.05 bits per heavy atom. The monoisotopic (exact) mass is 305 g/mol. The molecule has 0 saturated carbocycles. The van der Waals surface area contributed by atoms with Crippen molar-refractivity contribution in [2.75, 3.05) is 7.05 Å². The normalized spacial score (nSPS) is 12.9. The molecule has 0 aliphatic carbocycles. The molecule has 0 aliphatic heterocycles. The Balaban J connectivity index is 1.69. The van der Waals surface area contributed by atoms with Crippen LogP contribution in [0.15, 0.2) is 39.5 Å². The highest BCUT2D eigenvalue weighted by molar-refractivity contribution is 7.13. The molecule has 0 fully saturated rings. The molecule has 0 aliphatic rings. The third-order valence-corrected chi connectivity index (χ3v) is 5.12. The molecule has 20 heavy (non-hydrogen) atoms. The molecule has 0 aromatic carbocycles. The molecule has 6 heteroatoms. The molecule has 104 valence electrons. The van der Waals surface area contributed by atoms with Crippen molar-refractivity contribution in [1.82, 2.24) is 15.0 Å². The third kappa shape index (κ3) is 2.82. The van der Waals surface area contributed by atoms with Gasteiger partial charge in [-0.05, 0) is 36.9 Å². The summed E-state index contributed by atoms with van der Waals surface area (Å²) in [6, 6.07) is 8.55. The van der Waals surface area contributed by atoms with E-state index < -0.39 is 0 Å². The minimum absolute atomic E-state index is 0.340. The molecule has 3 rings (SSSR count). The van der Waals surface area contributed by atoms with Crippen LogP contribution < -0.4 is 0 Å². The first-order chi connectivity index (χ1) is 9.74. The van der Waals surface area contributed by atoms with Crippen molar-refractivity contribution in [2.45, 2.75) is 19.5 Å². The maximum Gasteiger partial charge on any atom is 0.241 e. The minimum atomic E-state index is 0.340. The van der Waals surface area contributed by atoms with Crippen LogP contribution in [0.2, 0.25) is 0 Å². The molecule has 0 spiro atoms. The fraction of sp³-hybridized carbons (Fsp3) is 0.286. The van der Waals surface area contributed by atoms with Crippen molar-refractivity contribution >= 4 is 22.7 Å². The van der Waals surface area contributed by atoms with E-state index in [0.29, 0.717) is 24.3 Å². The molecule has 0 N–H and O–H groups in total. The second-order valence-corrected chi connectivity index (χ2v) is 6.52. The fourth-order valence-electron chi connectivity index (χ4n) is 1.92. The first-order valence-corrected chi connectivity index (χ1v) is 8.10. The Morgan fingerprint density at radius 3 is 2.75 bits per heavy atom. The molecule has 1 atom stereocenters. The lowest BCUT2D eigenvalue weighted by Gasteiger charge is -2.21. The van der Waals surface area contributed by atoms with Crippen molar-refractivity contribution < 1.29 is 4.52 Å². The highest BCUT2D eigenvalue weighted by atomic mass is 32.1. The molecule has 3 aromatic rings. The zero-order valence-corrected chi connectivity index (χ0v) is 12.9. The summed E-state index contributed by atoms with van der Waals surface area (Å²) < 4.78 is 5.33. The number of aromatic nitrogens is 2. The SMILES string of the molecule is CC(c1cccs1)N(C)Cc1nc(-c2cccs2)no1. The van der Waals surface area contributed by atoms with Gasteiger partial charge in [-0.1, -0.05) is 17.3 Å². The van der Waals surface area contributed by atoms with Gasteiger partial charge in [0.25, 0.3) is 0 Å². The molecule has 3 aromatic heterocycles. The van der Waals surface area contributed by atoms with Crippen molar-refractivity contribution in [3.05, 3.63) is 45.8 Å². The van der Waals surface area contributed by atoms with Crippen molar-refractivity contribution in [1.29, 1.82) is 0 Å². The van der Waals surface area contributed by atoms with E-state index in [0.717, 1.165) is 4.88 Å². The molecular weight excluding hydrogens is 290 g/mol. The highest BCUT2D eigenvalue weighted by Gasteiger charge is 2.16. The Morgan fingerprint density at radius 1 is 1.25 bits per heavy atom. The number of thiophene rings is 2. The Labute approximate surface area is 125 Å². The molecule has 0 amide bonds. The largest absolute Gasteiger partial charge is 0.338 e. The van der Waals surface area contributed by atoms with E-state index in [-0.39, 0.29) is 0 Å². The second-order valence-electron chi connectivity index (χ2n) is 4.60. The third-order valence-electron chi connectivity index (χ3n) is 3.21. The summed E-state index contributed by atoms with van der Waals surface area (Å²) in [4.78, 5) is 9.03. The van der Waals surface area contributed by atoms with Gasteiger partial charge in [0.2, 0.25) is 11.7 Å². The Kier molecular flexibility index (Phi) is 3.95. The summed E-state index contributed by atoms with van der Waals surface area (Å²) in [5.41, 5.74) is 0. The minimum Gasteiger partial charge on any atom is -0.338 e. The maximum absolute atomic E-state index is 5.33. The summed E-state index contributed by atoms with van der Waals surface area (Å²) in [5, 5.41) is 8.14. The number of nitrogens with zero attached hydrogens (tertiary/aromatic N) is 3. The fourth-order valence-corrected chi connectivity index (χ4v) is 3.42. The van der Waals surface area contributed by atoms with Gasteiger partial charge in [0.05, 0.1) is 11.4 Å². The lowest BCUT2D eigenvalue weighted by Crippen LogP contribution is -2.21. The van der Waals surface area contributed by atoms with Gasteiger partial charge in [0, 0.05) is 10.9 Å². The first kappa shape index (κ1) is 13.5. The van der Waals surface area contributed by atoms with Gasteiger partial charge in [-0.2, -0.15) is 4.98 Å². The van der Waals surface area contributed by atoms with Crippen LogP contribution in [0.25, 0.3) is 10.7 Å². The molecule has 0 bridgehead atoms. The average Bonchev–Trinajstić information content (AvgIpc) is 3.19. The summed E-state index contributed by atoms with van der Waals surface area (Å²) in [6.07, 6.45) is 0. The summed E-state index contributed by atoms with van der Waals surface area (Å²) >= 11 is 3.38. The van der Waals surface area contributed by atoms with Crippen LogP contribution in [-0.4, -0.2) is 22.1 Å². The summed E-state index contributed by atoms with van der Waals surface area (Å²) in [6.45, 7) is 2.83. The number of hydrogen-bond donors (Lipinski definition) is 0. The maximum atomic E-state index is 5.33. The Bertz CT molecular complexity index is 646. The summed E-state index contributed by atoms with van der Waals surface area (Å²) in [5.74, 6) is 1.33. The van der Waals surface area contributed by atoms with E-state index in [1.54, 1.807) is 22.7 Å². The van der Waals surface area contributed by atoms with E-state index >= 15 is 0 Å². The van der Waals surface area contributed by atoms with Gasteiger partial charge in [-0.15, -0.1) is 22.7 Å². The van der Waals surface area contributed by atoms with Gasteiger partial charge in [-0.3, -0.25) is 4.90 Å². The van der Waals surface area contributed by atoms with Crippen molar-refractivity contribution in [3.63, 3.8) is 0 Å². The van der Waals surface area contributed by atoms with Crippen LogP contribution in [-0.2, 0) is 6.54 Å². The van der Waals surface area contributed by atoms with Crippen molar-refractivity contribution in [3.8, 4) is 10.7 Å². The van der Waals surface area contributed by atoms with Gasteiger partial charge < -0.3 is 4.52 Å². The van der Waals surface area contributed by atoms with Crippen LogP contribution in [0.1, 0.15) is 23.7 Å². The van der Waals surface area contributed by atoms with Crippen LogP contribution in [0.4, 0.5) is 0 Å². The quantitative estimate of drug-likeness (QED) is 0.713. The predicted octanol–water partition coefficient (Wildman–Crippen LogP) is 4.05. The van der Waals surface area contributed by atoms with Crippen LogP contribution in [0.3, 0.4) is 0 Å². The molecule has 1 unspecified atom stereocenters. The highest BCUT2D eigenvalue weighted by Crippen LogP contribution is 2.25. The van der Waals surface area contributed by atoms with Gasteiger partial charge >= 0.3 is 0 Å². The topological polar surface area (TPSA) is 42.2 Å². The van der Waals surface area contributed by atoms with Crippen molar-refractivity contribution in [2.24, 2.45) is 0 Å². The predicted molar refractivity (Wildman–Crippen MR) is 81.8 cm³/mol. The first-order valence-electron chi connectivity index (χ1n) is 6.34. The summed E-state index contributed by atoms with van der Waals surface area (Å²) in [7, 11) is 2.07. The molecule has 3 heterocycles. The lowest BCUT2D eigenvalue weighted by atomic mass is 10.2. The van der Waals surface area contributed by atoms with Crippen LogP contribution in [0, 0.1) is 0 Å². The van der Waals surface area contributed by atoms with Gasteiger partial charge in [0.1, 0.15) is 0 Å². The second kappa shape index (κ2) is 5.87. The zero-order valence-electron chi connectivity index (χ0n) is 11.3. The number of hydrogen-bond acceptors (Lipinski definition) is 6.